The zero-order chi connectivity index (χ0) is 16.6. The molecule has 0 bridgehead atoms. The van der Waals surface area contributed by atoms with Gasteiger partial charge in [0, 0.05) is 5.92 Å². The Labute approximate surface area is 145 Å². The summed E-state index contributed by atoms with van der Waals surface area (Å²) >= 11 is 0. The summed E-state index contributed by atoms with van der Waals surface area (Å²) < 4.78 is 0. The number of benzene rings is 2. The van der Waals surface area contributed by atoms with Gasteiger partial charge in [-0.3, -0.25) is 0 Å². The molecule has 2 aromatic rings. The third-order valence-corrected chi connectivity index (χ3v) is 4.69. The van der Waals surface area contributed by atoms with Crippen molar-refractivity contribution in [1.29, 1.82) is 0 Å². The molecule has 1 heterocycles. The highest BCUT2D eigenvalue weighted by molar-refractivity contribution is 6.18. The molecule has 0 amide bonds. The van der Waals surface area contributed by atoms with Crippen molar-refractivity contribution in [2.45, 2.75) is 38.5 Å². The Morgan fingerprint density at radius 1 is 0.875 bits per heavy atom. The maximum absolute atomic E-state index is 4.55. The number of aliphatic imine (C=N–C) groups is 2. The lowest BCUT2D eigenvalue weighted by molar-refractivity contribution is 0.388. The van der Waals surface area contributed by atoms with Crippen LogP contribution in [0.2, 0.25) is 0 Å². The summed E-state index contributed by atoms with van der Waals surface area (Å²) in [6.07, 6.45) is 9.19. The molecule has 2 heteroatoms. The maximum Gasteiger partial charge on any atom is 0.244 e. The molecule has 0 spiro atoms. The standard InChI is InChI=1S/C22H25N2/c1-2-3-14-20(22-23-15-16-24-22)21(19-12-8-5-9-13-19)17-18-10-6-4-7-11-18/h4-13,15-16,20-21H,2-3,14,17H2,1H3/q+1. The van der Waals surface area contributed by atoms with Gasteiger partial charge in [0.15, 0.2) is 12.4 Å². The molecule has 0 saturated carbocycles. The van der Waals surface area contributed by atoms with Crippen LogP contribution in [0.5, 0.6) is 0 Å². The Bertz CT molecular complexity index is 649. The Hall–Kier alpha value is -2.35. The molecule has 2 atom stereocenters. The molecule has 3 rings (SSSR count). The van der Waals surface area contributed by atoms with Crippen molar-refractivity contribution in [2.75, 3.05) is 0 Å². The smallest absolute Gasteiger partial charge is 0.0965 e. The highest BCUT2D eigenvalue weighted by Crippen LogP contribution is 2.39. The van der Waals surface area contributed by atoms with Gasteiger partial charge < -0.3 is 0 Å². The van der Waals surface area contributed by atoms with Crippen molar-refractivity contribution >= 4 is 12.4 Å². The molecule has 2 unspecified atom stereocenters. The molecule has 0 N–H and O–H groups in total. The first-order chi connectivity index (χ1) is 11.9. The summed E-state index contributed by atoms with van der Waals surface area (Å²) in [5.41, 5.74) is 2.76. The average molecular weight is 317 g/mol. The van der Waals surface area contributed by atoms with E-state index in [0.717, 1.165) is 19.0 Å². The fraction of sp³-hybridized carbons (Fsp3) is 0.318. The summed E-state index contributed by atoms with van der Waals surface area (Å²) in [7, 11) is 0. The second-order valence-corrected chi connectivity index (χ2v) is 6.37. The molecule has 0 saturated heterocycles. The van der Waals surface area contributed by atoms with E-state index in [1.807, 2.05) is 12.4 Å². The highest BCUT2D eigenvalue weighted by Gasteiger charge is 2.36. The Morgan fingerprint density at radius 2 is 1.50 bits per heavy atom. The Morgan fingerprint density at radius 3 is 2.12 bits per heavy atom. The third kappa shape index (κ3) is 4.14. The van der Waals surface area contributed by atoms with E-state index in [0.29, 0.717) is 11.8 Å². The fourth-order valence-corrected chi connectivity index (χ4v) is 3.44. The zero-order valence-electron chi connectivity index (χ0n) is 14.3. The number of nitrogens with zero attached hydrogens (tertiary/aromatic N) is 2. The number of hydrogen-bond acceptors (Lipinski definition) is 2. The van der Waals surface area contributed by atoms with E-state index in [4.69, 9.17) is 0 Å². The molecule has 24 heavy (non-hydrogen) atoms. The van der Waals surface area contributed by atoms with Crippen LogP contribution in [0, 0.1) is 12.1 Å². The molecule has 2 nitrogen and oxygen atoms in total. The van der Waals surface area contributed by atoms with Gasteiger partial charge in [-0.2, -0.15) is 0 Å². The second kappa shape index (κ2) is 8.49. The molecular weight excluding hydrogens is 292 g/mol. The van der Waals surface area contributed by atoms with Crippen LogP contribution in [0.1, 0.15) is 43.2 Å². The fourth-order valence-electron chi connectivity index (χ4n) is 3.44. The van der Waals surface area contributed by atoms with Crippen molar-refractivity contribution in [2.24, 2.45) is 15.9 Å². The molecule has 0 fully saturated rings. The summed E-state index contributed by atoms with van der Waals surface area (Å²) in [6.45, 7) is 2.25. The molecule has 2 aromatic carbocycles. The lowest BCUT2D eigenvalue weighted by Gasteiger charge is -2.26. The first-order valence-corrected chi connectivity index (χ1v) is 8.91. The largest absolute Gasteiger partial charge is 0.244 e. The lowest BCUT2D eigenvalue weighted by Crippen LogP contribution is -2.20. The van der Waals surface area contributed by atoms with Crippen LogP contribution in [0.4, 0.5) is 0 Å². The van der Waals surface area contributed by atoms with Crippen LogP contribution in [0.25, 0.3) is 0 Å². The predicted octanol–water partition coefficient (Wildman–Crippen LogP) is 5.46. The quantitative estimate of drug-likeness (QED) is 0.577. The normalized spacial score (nSPS) is 15.6. The van der Waals surface area contributed by atoms with Gasteiger partial charge in [-0.05, 0) is 24.0 Å². The van der Waals surface area contributed by atoms with Gasteiger partial charge in [0.1, 0.15) is 0 Å². The first kappa shape index (κ1) is 16.5. The van der Waals surface area contributed by atoms with Crippen LogP contribution in [-0.2, 0) is 6.42 Å². The van der Waals surface area contributed by atoms with E-state index in [1.54, 1.807) is 0 Å². The van der Waals surface area contributed by atoms with E-state index in [9.17, 15) is 0 Å². The SMILES string of the molecule is CCCCC([C+]1N=CC=N1)C(Cc1ccccc1)c1ccccc1. The van der Waals surface area contributed by atoms with Crippen LogP contribution in [0.15, 0.2) is 70.6 Å². The predicted molar refractivity (Wildman–Crippen MR) is 103 cm³/mol. The van der Waals surface area contributed by atoms with Gasteiger partial charge in [-0.25, -0.2) is 0 Å². The van der Waals surface area contributed by atoms with Crippen LogP contribution in [0.3, 0.4) is 0 Å². The minimum absolute atomic E-state index is 0.363. The minimum atomic E-state index is 0.363. The van der Waals surface area contributed by atoms with E-state index >= 15 is 0 Å². The van der Waals surface area contributed by atoms with Gasteiger partial charge in [0.25, 0.3) is 0 Å². The van der Waals surface area contributed by atoms with Crippen LogP contribution >= 0.6 is 0 Å². The second-order valence-electron chi connectivity index (χ2n) is 6.37. The van der Waals surface area contributed by atoms with Gasteiger partial charge >= 0.3 is 0 Å². The van der Waals surface area contributed by atoms with Crippen molar-refractivity contribution in [3.63, 3.8) is 0 Å². The molecule has 0 aliphatic carbocycles. The summed E-state index contributed by atoms with van der Waals surface area (Å²) in [5.74, 6) is 0.769. The van der Waals surface area contributed by atoms with Crippen molar-refractivity contribution in [3.8, 4) is 0 Å². The molecule has 1 aliphatic heterocycles. The van der Waals surface area contributed by atoms with Gasteiger partial charge in [0.05, 0.1) is 5.92 Å². The summed E-state index contributed by atoms with van der Waals surface area (Å²) in [5, 5.41) is 0. The monoisotopic (exact) mass is 317 g/mol. The van der Waals surface area contributed by atoms with Gasteiger partial charge in [-0.1, -0.05) is 90.4 Å². The molecule has 1 aliphatic rings. The average Bonchev–Trinajstić information content (AvgIpc) is 3.17. The number of hydrogen-bond donors (Lipinski definition) is 0. The lowest BCUT2D eigenvalue weighted by atomic mass is 9.77. The van der Waals surface area contributed by atoms with E-state index < -0.39 is 0 Å². The maximum atomic E-state index is 4.55. The minimum Gasteiger partial charge on any atom is -0.0965 e. The van der Waals surface area contributed by atoms with Crippen LogP contribution in [-0.4, -0.2) is 12.4 Å². The van der Waals surface area contributed by atoms with E-state index in [1.165, 1.54) is 24.0 Å². The van der Waals surface area contributed by atoms with Crippen molar-refractivity contribution in [1.82, 2.24) is 0 Å². The summed E-state index contributed by atoms with van der Waals surface area (Å²) in [4.78, 5) is 9.09. The third-order valence-electron chi connectivity index (χ3n) is 4.69. The number of rotatable bonds is 8. The van der Waals surface area contributed by atoms with E-state index in [-0.39, 0.29) is 0 Å². The van der Waals surface area contributed by atoms with Crippen molar-refractivity contribution in [3.05, 3.63) is 78.0 Å². The molecule has 122 valence electrons. The molecule has 0 aromatic heterocycles. The first-order valence-electron chi connectivity index (χ1n) is 8.91. The summed E-state index contributed by atoms with van der Waals surface area (Å²) in [6, 6.07) is 21.6. The number of unbranched alkanes of at least 4 members (excludes halogenated alkanes) is 1. The van der Waals surface area contributed by atoms with Crippen LogP contribution < -0.4 is 0 Å². The van der Waals surface area contributed by atoms with E-state index in [2.05, 4.69) is 77.6 Å². The Kier molecular flexibility index (Phi) is 5.84. The highest BCUT2D eigenvalue weighted by atomic mass is 15.0. The van der Waals surface area contributed by atoms with Gasteiger partial charge in [-0.15, -0.1) is 0 Å². The van der Waals surface area contributed by atoms with Crippen molar-refractivity contribution < 1.29 is 0 Å². The topological polar surface area (TPSA) is 24.7 Å². The molecule has 0 radical (unpaired) electrons. The van der Waals surface area contributed by atoms with Gasteiger partial charge in [0.2, 0.25) is 6.17 Å². The molecular formula is C22H25N2+. The zero-order valence-corrected chi connectivity index (χ0v) is 14.3. The Balaban J connectivity index is 1.91.